The van der Waals surface area contributed by atoms with Gasteiger partial charge in [-0.15, -0.1) is 0 Å². The minimum atomic E-state index is -0.553. The Morgan fingerprint density at radius 1 is 1.33 bits per heavy atom. The van der Waals surface area contributed by atoms with Crippen molar-refractivity contribution in [2.45, 2.75) is 65.6 Å². The minimum Gasteiger partial charge on any atom is -0.444 e. The highest BCUT2D eigenvalue weighted by molar-refractivity contribution is 5.83. The SMILES string of the molecule is CC(C)CN1CCC(C(O)Cc2cccc(NC(=O)OC(C)(C)C)n2)CC1. The molecule has 0 radical (unpaired) electrons. The zero-order chi connectivity index (χ0) is 20.0. The van der Waals surface area contributed by atoms with Gasteiger partial charge in [-0.2, -0.15) is 0 Å². The fraction of sp³-hybridized carbons (Fsp3) is 0.714. The van der Waals surface area contributed by atoms with Crippen molar-refractivity contribution in [2.24, 2.45) is 11.8 Å². The maximum atomic E-state index is 11.9. The van der Waals surface area contributed by atoms with Crippen LogP contribution < -0.4 is 5.32 Å². The first-order valence-corrected chi connectivity index (χ1v) is 9.99. The average Bonchev–Trinajstić information content (AvgIpc) is 2.53. The first kappa shape index (κ1) is 21.6. The summed E-state index contributed by atoms with van der Waals surface area (Å²) in [5.74, 6) is 1.43. The van der Waals surface area contributed by atoms with Crippen LogP contribution in [0.2, 0.25) is 0 Å². The van der Waals surface area contributed by atoms with E-state index in [1.807, 2.05) is 32.9 Å². The van der Waals surface area contributed by atoms with Crippen molar-refractivity contribution in [3.05, 3.63) is 23.9 Å². The Bertz CT molecular complexity index is 605. The first-order chi connectivity index (χ1) is 12.6. The average molecular weight is 378 g/mol. The second-order valence-electron chi connectivity index (χ2n) is 8.94. The van der Waals surface area contributed by atoms with Crippen molar-refractivity contribution in [1.29, 1.82) is 0 Å². The monoisotopic (exact) mass is 377 g/mol. The van der Waals surface area contributed by atoms with E-state index in [1.165, 1.54) is 0 Å². The number of amides is 1. The van der Waals surface area contributed by atoms with E-state index in [1.54, 1.807) is 6.07 Å². The number of aromatic nitrogens is 1. The summed E-state index contributed by atoms with van der Waals surface area (Å²) in [7, 11) is 0. The molecule has 1 aliphatic heterocycles. The molecule has 1 aromatic rings. The van der Waals surface area contributed by atoms with Crippen molar-refractivity contribution in [3.63, 3.8) is 0 Å². The maximum absolute atomic E-state index is 11.9. The molecule has 0 bridgehead atoms. The number of nitrogens with one attached hydrogen (secondary N) is 1. The largest absolute Gasteiger partial charge is 0.444 e. The third kappa shape index (κ3) is 7.85. The summed E-state index contributed by atoms with van der Waals surface area (Å²) in [5.41, 5.74) is 0.225. The van der Waals surface area contributed by atoms with Gasteiger partial charge in [-0.25, -0.2) is 9.78 Å². The molecule has 1 saturated heterocycles. The number of aliphatic hydroxyl groups is 1. The topological polar surface area (TPSA) is 74.7 Å². The summed E-state index contributed by atoms with van der Waals surface area (Å²) in [6, 6.07) is 5.45. The zero-order valence-electron chi connectivity index (χ0n) is 17.4. The van der Waals surface area contributed by atoms with Crippen molar-refractivity contribution < 1.29 is 14.6 Å². The molecule has 2 N–H and O–H groups in total. The molecule has 6 heteroatoms. The molecule has 1 fully saturated rings. The van der Waals surface area contributed by atoms with Crippen LogP contribution in [-0.4, -0.2) is 52.4 Å². The fourth-order valence-corrected chi connectivity index (χ4v) is 3.49. The lowest BCUT2D eigenvalue weighted by molar-refractivity contribution is 0.0560. The molecule has 1 amide bonds. The van der Waals surface area contributed by atoms with Gasteiger partial charge in [0.05, 0.1) is 6.10 Å². The van der Waals surface area contributed by atoms with Gasteiger partial charge in [0.2, 0.25) is 0 Å². The van der Waals surface area contributed by atoms with Crippen LogP contribution in [0.15, 0.2) is 18.2 Å². The number of hydrogen-bond acceptors (Lipinski definition) is 5. The van der Waals surface area contributed by atoms with Crippen molar-refractivity contribution >= 4 is 11.9 Å². The number of carbonyl (C=O) groups is 1. The van der Waals surface area contributed by atoms with E-state index in [2.05, 4.69) is 29.0 Å². The van der Waals surface area contributed by atoms with Gasteiger partial charge < -0.3 is 14.7 Å². The lowest BCUT2D eigenvalue weighted by atomic mass is 9.88. The van der Waals surface area contributed by atoms with Crippen LogP contribution in [-0.2, 0) is 11.2 Å². The Morgan fingerprint density at radius 3 is 2.59 bits per heavy atom. The van der Waals surface area contributed by atoms with Crippen LogP contribution in [0.25, 0.3) is 0 Å². The van der Waals surface area contributed by atoms with Gasteiger partial charge in [0, 0.05) is 18.7 Å². The molecule has 6 nitrogen and oxygen atoms in total. The highest BCUT2D eigenvalue weighted by Gasteiger charge is 2.26. The molecule has 1 unspecified atom stereocenters. The highest BCUT2D eigenvalue weighted by atomic mass is 16.6. The van der Waals surface area contributed by atoms with Crippen LogP contribution >= 0.6 is 0 Å². The zero-order valence-corrected chi connectivity index (χ0v) is 17.4. The van der Waals surface area contributed by atoms with Gasteiger partial charge in [0.25, 0.3) is 0 Å². The van der Waals surface area contributed by atoms with Crippen LogP contribution in [0.3, 0.4) is 0 Å². The lowest BCUT2D eigenvalue weighted by Crippen LogP contribution is -2.40. The van der Waals surface area contributed by atoms with E-state index in [0.717, 1.165) is 38.2 Å². The molecule has 27 heavy (non-hydrogen) atoms. The number of likely N-dealkylation sites (tertiary alicyclic amines) is 1. The number of anilines is 1. The van der Waals surface area contributed by atoms with E-state index < -0.39 is 17.8 Å². The number of nitrogens with zero attached hydrogens (tertiary/aromatic N) is 2. The van der Waals surface area contributed by atoms with Crippen molar-refractivity contribution in [1.82, 2.24) is 9.88 Å². The summed E-state index contributed by atoms with van der Waals surface area (Å²) in [4.78, 5) is 18.8. The number of hydrogen-bond donors (Lipinski definition) is 2. The molecule has 0 spiro atoms. The first-order valence-electron chi connectivity index (χ1n) is 9.99. The Hall–Kier alpha value is -1.66. The summed E-state index contributed by atoms with van der Waals surface area (Å²) < 4.78 is 5.25. The number of aliphatic hydroxyl groups excluding tert-OH is 1. The number of pyridine rings is 1. The Balaban J connectivity index is 1.86. The van der Waals surface area contributed by atoms with Gasteiger partial charge in [0.15, 0.2) is 0 Å². The van der Waals surface area contributed by atoms with Crippen molar-refractivity contribution in [2.75, 3.05) is 25.0 Å². The van der Waals surface area contributed by atoms with Gasteiger partial charge in [-0.3, -0.25) is 5.32 Å². The quantitative estimate of drug-likeness (QED) is 0.791. The molecular formula is C21H35N3O3. The molecule has 2 heterocycles. The van der Waals surface area contributed by atoms with Crippen molar-refractivity contribution in [3.8, 4) is 0 Å². The summed E-state index contributed by atoms with van der Waals surface area (Å²) in [5, 5.41) is 13.3. The molecule has 0 aromatic carbocycles. The van der Waals surface area contributed by atoms with Gasteiger partial charge in [-0.05, 0) is 70.7 Å². The maximum Gasteiger partial charge on any atom is 0.413 e. The van der Waals surface area contributed by atoms with Crippen LogP contribution in [0.5, 0.6) is 0 Å². The summed E-state index contributed by atoms with van der Waals surface area (Å²) in [6.45, 7) is 13.2. The van der Waals surface area contributed by atoms with Gasteiger partial charge in [0.1, 0.15) is 11.4 Å². The second kappa shape index (κ2) is 9.51. The van der Waals surface area contributed by atoms with E-state index in [9.17, 15) is 9.90 Å². The van der Waals surface area contributed by atoms with Crippen LogP contribution in [0.4, 0.5) is 10.6 Å². The molecule has 2 rings (SSSR count). The lowest BCUT2D eigenvalue weighted by Gasteiger charge is -2.35. The number of ether oxygens (including phenoxy) is 1. The Labute approximate surface area is 163 Å². The molecule has 152 valence electrons. The summed E-state index contributed by atoms with van der Waals surface area (Å²) >= 11 is 0. The molecule has 1 aromatic heterocycles. The van der Waals surface area contributed by atoms with E-state index >= 15 is 0 Å². The number of piperidine rings is 1. The predicted octanol–water partition coefficient (Wildman–Crippen LogP) is 3.70. The Kier molecular flexibility index (Phi) is 7.62. The van der Waals surface area contributed by atoms with Gasteiger partial charge >= 0.3 is 6.09 Å². The summed E-state index contributed by atoms with van der Waals surface area (Å²) in [6.07, 6.45) is 1.60. The van der Waals surface area contributed by atoms with Crippen LogP contribution in [0, 0.1) is 11.8 Å². The third-order valence-electron chi connectivity index (χ3n) is 4.65. The number of carbonyl (C=O) groups excluding carboxylic acids is 1. The van der Waals surface area contributed by atoms with Gasteiger partial charge in [-0.1, -0.05) is 19.9 Å². The third-order valence-corrected chi connectivity index (χ3v) is 4.65. The smallest absolute Gasteiger partial charge is 0.413 e. The standard InChI is InChI=1S/C21H35N3O3/c1-15(2)14-24-11-9-16(10-12-24)18(25)13-17-7-6-8-19(22-17)23-20(26)27-21(3,4)5/h6-8,15-16,18,25H,9-14H2,1-5H3,(H,22,23,26). The molecule has 0 saturated carbocycles. The fourth-order valence-electron chi connectivity index (χ4n) is 3.49. The minimum absolute atomic E-state index is 0.303. The molecular weight excluding hydrogens is 342 g/mol. The second-order valence-corrected chi connectivity index (χ2v) is 8.94. The highest BCUT2D eigenvalue weighted by Crippen LogP contribution is 2.23. The van der Waals surface area contributed by atoms with E-state index in [4.69, 9.17) is 4.74 Å². The van der Waals surface area contributed by atoms with E-state index in [-0.39, 0.29) is 0 Å². The van der Waals surface area contributed by atoms with Crippen LogP contribution in [0.1, 0.15) is 53.2 Å². The predicted molar refractivity (Wildman–Crippen MR) is 108 cm³/mol. The number of rotatable bonds is 6. The molecule has 1 atom stereocenters. The molecule has 1 aliphatic rings. The van der Waals surface area contributed by atoms with E-state index in [0.29, 0.717) is 24.1 Å². The molecule has 0 aliphatic carbocycles. The Morgan fingerprint density at radius 2 is 2.00 bits per heavy atom. The normalized spacial score (nSPS) is 17.7.